The van der Waals surface area contributed by atoms with Crippen LogP contribution in [0, 0.1) is 20.8 Å². The lowest BCUT2D eigenvalue weighted by atomic mass is 10.0. The lowest BCUT2D eigenvalue weighted by Gasteiger charge is -2.05. The number of hydrogen-bond acceptors (Lipinski definition) is 5. The summed E-state index contributed by atoms with van der Waals surface area (Å²) < 4.78 is 5.34. The summed E-state index contributed by atoms with van der Waals surface area (Å²) in [4.78, 5) is 9.49. The van der Waals surface area contributed by atoms with Crippen LogP contribution in [-0.2, 0) is 0 Å². The Balaban J connectivity index is 1.84. The lowest BCUT2D eigenvalue weighted by molar-refractivity contribution is 0.393. The number of hydrogen-bond donors (Lipinski definition) is 1. The second-order valence-corrected chi connectivity index (χ2v) is 7.15. The Morgan fingerprint density at radius 3 is 2.60 bits per heavy atom. The summed E-state index contributed by atoms with van der Waals surface area (Å²) >= 11 is 0. The Kier molecular flexibility index (Phi) is 5.14. The van der Waals surface area contributed by atoms with Crippen LogP contribution in [0.4, 0.5) is 0 Å². The van der Waals surface area contributed by atoms with Gasteiger partial charge in [-0.1, -0.05) is 29.9 Å². The van der Waals surface area contributed by atoms with Crippen LogP contribution in [0.2, 0.25) is 0 Å². The number of allylic oxidation sites excluding steroid dienone is 2. The van der Waals surface area contributed by atoms with Gasteiger partial charge in [-0.2, -0.15) is 5.10 Å². The van der Waals surface area contributed by atoms with E-state index in [0.717, 1.165) is 61.5 Å². The number of aryl methyl sites for hydroxylation is 3. The third-order valence-corrected chi connectivity index (χ3v) is 5.00. The van der Waals surface area contributed by atoms with E-state index >= 15 is 0 Å². The highest BCUT2D eigenvalue weighted by Crippen LogP contribution is 2.27. The van der Waals surface area contributed by atoms with Gasteiger partial charge in [0.15, 0.2) is 0 Å². The molecule has 0 atom stereocenters. The number of aromatic amines is 1. The van der Waals surface area contributed by atoms with Gasteiger partial charge in [-0.15, -0.1) is 0 Å². The summed E-state index contributed by atoms with van der Waals surface area (Å²) in [5, 5.41) is 13.0. The highest BCUT2D eigenvalue weighted by Gasteiger charge is 2.14. The normalized spacial score (nSPS) is 12.5. The molecule has 0 bridgehead atoms. The number of aromatic nitrogens is 5. The highest BCUT2D eigenvalue weighted by molar-refractivity contribution is 5.89. The summed E-state index contributed by atoms with van der Waals surface area (Å²) in [6, 6.07) is 9.83. The first kappa shape index (κ1) is 19.5. The maximum absolute atomic E-state index is 5.34. The second kappa shape index (κ2) is 7.91. The molecule has 0 amide bonds. The average molecular weight is 397 g/mol. The van der Waals surface area contributed by atoms with Crippen molar-refractivity contribution in [3.05, 3.63) is 75.9 Å². The van der Waals surface area contributed by atoms with Crippen LogP contribution in [0.15, 0.2) is 47.1 Å². The minimum Gasteiger partial charge on any atom is -0.361 e. The summed E-state index contributed by atoms with van der Waals surface area (Å²) in [5.74, 6) is 0.779. The van der Waals surface area contributed by atoms with Crippen molar-refractivity contribution in [1.29, 1.82) is 0 Å². The molecule has 1 N–H and O–H groups in total. The first-order chi connectivity index (χ1) is 14.5. The number of rotatable bonds is 4. The SMILES string of the molecule is C=c1ccc(-c2cn[nH]c2-c2cccc(C)n2)n/c1=C/C(=C\C)c1c(C)noc1C. The predicted molar refractivity (Wildman–Crippen MR) is 119 cm³/mol. The lowest BCUT2D eigenvalue weighted by Crippen LogP contribution is -2.27. The van der Waals surface area contributed by atoms with E-state index in [-0.39, 0.29) is 0 Å². The van der Waals surface area contributed by atoms with Gasteiger partial charge in [0.25, 0.3) is 0 Å². The average Bonchev–Trinajstić information content (AvgIpc) is 3.35. The number of nitrogens with one attached hydrogen (secondary N) is 1. The third-order valence-electron chi connectivity index (χ3n) is 5.00. The molecule has 6 nitrogen and oxygen atoms in total. The van der Waals surface area contributed by atoms with Crippen LogP contribution in [0.5, 0.6) is 0 Å². The molecule has 0 saturated carbocycles. The molecule has 0 aromatic carbocycles. The monoisotopic (exact) mass is 397 g/mol. The van der Waals surface area contributed by atoms with Gasteiger partial charge in [0, 0.05) is 16.8 Å². The topological polar surface area (TPSA) is 80.5 Å². The van der Waals surface area contributed by atoms with Gasteiger partial charge in [-0.05, 0) is 62.8 Å². The van der Waals surface area contributed by atoms with E-state index in [4.69, 9.17) is 9.51 Å². The molecule has 0 radical (unpaired) electrons. The number of H-pyrrole nitrogens is 1. The quantitative estimate of drug-likeness (QED) is 0.567. The summed E-state index contributed by atoms with van der Waals surface area (Å²) in [6.45, 7) is 12.0. The van der Waals surface area contributed by atoms with Crippen molar-refractivity contribution in [3.63, 3.8) is 0 Å². The van der Waals surface area contributed by atoms with E-state index < -0.39 is 0 Å². The van der Waals surface area contributed by atoms with Gasteiger partial charge in [0.1, 0.15) is 5.76 Å². The van der Waals surface area contributed by atoms with Crippen molar-refractivity contribution in [2.75, 3.05) is 0 Å². The van der Waals surface area contributed by atoms with E-state index in [1.807, 2.05) is 70.2 Å². The molecule has 0 unspecified atom stereocenters. The van der Waals surface area contributed by atoms with Crippen molar-refractivity contribution >= 4 is 18.2 Å². The zero-order valence-electron chi connectivity index (χ0n) is 17.5. The molecule has 4 aromatic rings. The minimum atomic E-state index is 0.779. The van der Waals surface area contributed by atoms with Crippen molar-refractivity contribution in [2.24, 2.45) is 0 Å². The van der Waals surface area contributed by atoms with Crippen LogP contribution >= 0.6 is 0 Å². The highest BCUT2D eigenvalue weighted by atomic mass is 16.5. The molecule has 0 aliphatic carbocycles. The van der Waals surface area contributed by atoms with E-state index in [2.05, 4.69) is 26.9 Å². The molecule has 4 rings (SSSR count). The first-order valence-electron chi connectivity index (χ1n) is 9.73. The fourth-order valence-electron chi connectivity index (χ4n) is 3.48. The van der Waals surface area contributed by atoms with Crippen LogP contribution in [0.3, 0.4) is 0 Å². The van der Waals surface area contributed by atoms with Gasteiger partial charge in [-0.3, -0.25) is 10.1 Å². The largest absolute Gasteiger partial charge is 0.361 e. The number of nitrogens with zero attached hydrogens (tertiary/aromatic N) is 4. The van der Waals surface area contributed by atoms with Gasteiger partial charge in [0.2, 0.25) is 0 Å². The molecule has 0 aliphatic heterocycles. The van der Waals surface area contributed by atoms with E-state index in [1.165, 1.54) is 0 Å². The molecular weight excluding hydrogens is 374 g/mol. The van der Waals surface area contributed by atoms with Crippen LogP contribution in [0.25, 0.3) is 40.9 Å². The molecule has 0 fully saturated rings. The molecule has 150 valence electrons. The maximum atomic E-state index is 5.34. The van der Waals surface area contributed by atoms with E-state index in [0.29, 0.717) is 0 Å². The minimum absolute atomic E-state index is 0.779. The Bertz CT molecular complexity index is 1340. The molecule has 4 aromatic heterocycles. The fraction of sp³-hybridized carbons (Fsp3) is 0.167. The van der Waals surface area contributed by atoms with Crippen molar-refractivity contribution in [2.45, 2.75) is 27.7 Å². The van der Waals surface area contributed by atoms with Crippen molar-refractivity contribution in [1.82, 2.24) is 25.3 Å². The van der Waals surface area contributed by atoms with Gasteiger partial charge < -0.3 is 4.52 Å². The molecule has 4 heterocycles. The summed E-state index contributed by atoms with van der Waals surface area (Å²) in [7, 11) is 0. The van der Waals surface area contributed by atoms with E-state index in [9.17, 15) is 0 Å². The molecule has 6 heteroatoms. The maximum Gasteiger partial charge on any atom is 0.141 e. The van der Waals surface area contributed by atoms with Crippen LogP contribution in [0.1, 0.15) is 29.6 Å². The standard InChI is InChI=1S/C24H23N5O/c1-6-18(23-16(4)29-30-17(23)5)12-22-14(2)10-11-20(27-22)19-13-25-28-24(19)21-9-7-8-15(3)26-21/h6-13H,2H2,1,3-5H3,(H,25,28)/b18-6+,22-12+. The summed E-state index contributed by atoms with van der Waals surface area (Å²) in [6.07, 6.45) is 5.82. The zero-order valence-corrected chi connectivity index (χ0v) is 17.5. The Hall–Kier alpha value is -3.80. The molecule has 0 saturated heterocycles. The Morgan fingerprint density at radius 2 is 1.90 bits per heavy atom. The molecular formula is C24H23N5O. The predicted octanol–water partition coefficient (Wildman–Crippen LogP) is 3.74. The summed E-state index contributed by atoms with van der Waals surface area (Å²) in [5.41, 5.74) is 7.13. The molecule has 0 aliphatic rings. The van der Waals surface area contributed by atoms with Gasteiger partial charge in [0.05, 0.1) is 34.3 Å². The van der Waals surface area contributed by atoms with Crippen molar-refractivity contribution in [3.8, 4) is 22.6 Å². The van der Waals surface area contributed by atoms with Crippen molar-refractivity contribution < 1.29 is 4.52 Å². The van der Waals surface area contributed by atoms with Crippen LogP contribution < -0.4 is 10.6 Å². The first-order valence-corrected chi connectivity index (χ1v) is 9.73. The van der Waals surface area contributed by atoms with Crippen LogP contribution in [-0.4, -0.2) is 25.3 Å². The molecule has 30 heavy (non-hydrogen) atoms. The Labute approximate surface area is 174 Å². The third kappa shape index (κ3) is 3.59. The fourth-order valence-corrected chi connectivity index (χ4v) is 3.48. The van der Waals surface area contributed by atoms with Gasteiger partial charge in [-0.25, -0.2) is 4.98 Å². The zero-order chi connectivity index (χ0) is 21.3. The molecule has 0 spiro atoms. The van der Waals surface area contributed by atoms with E-state index in [1.54, 1.807) is 6.20 Å². The second-order valence-electron chi connectivity index (χ2n) is 7.15. The smallest absolute Gasteiger partial charge is 0.141 e. The number of pyridine rings is 2. The Morgan fingerprint density at radius 1 is 1.07 bits per heavy atom. The van der Waals surface area contributed by atoms with Gasteiger partial charge >= 0.3 is 0 Å².